The van der Waals surface area contributed by atoms with Crippen LogP contribution in [0.25, 0.3) is 0 Å². The minimum absolute atomic E-state index is 0.153. The molecule has 2 unspecified atom stereocenters. The summed E-state index contributed by atoms with van der Waals surface area (Å²) in [4.78, 5) is 21.6. The average molecular weight is 243 g/mol. The zero-order valence-corrected chi connectivity index (χ0v) is 10.2. The molecule has 1 fully saturated rings. The first-order chi connectivity index (χ1) is 8.13. The van der Waals surface area contributed by atoms with Crippen LogP contribution in [0.5, 0.6) is 0 Å². The first-order valence-electron chi connectivity index (χ1n) is 6.07. The Hall–Kier alpha value is -1.30. The fourth-order valence-corrected chi connectivity index (χ4v) is 2.12. The maximum Gasteiger partial charge on any atom is 0.314 e. The van der Waals surface area contributed by atoms with Gasteiger partial charge in [0.25, 0.3) is 0 Å². The maximum absolute atomic E-state index is 11.2. The van der Waals surface area contributed by atoms with E-state index in [2.05, 4.69) is 16.0 Å². The third kappa shape index (κ3) is 5.04. The first-order valence-corrected chi connectivity index (χ1v) is 6.07. The average Bonchev–Trinajstić information content (AvgIpc) is 2.71. The second kappa shape index (κ2) is 7.11. The van der Waals surface area contributed by atoms with Gasteiger partial charge in [0.05, 0.1) is 0 Å². The molecule has 0 saturated carbocycles. The number of hydrogen-bond acceptors (Lipinski definition) is 3. The van der Waals surface area contributed by atoms with Gasteiger partial charge in [0.2, 0.25) is 0 Å². The fourth-order valence-electron chi connectivity index (χ4n) is 2.12. The van der Waals surface area contributed by atoms with Crippen LogP contribution in [-0.2, 0) is 4.79 Å². The highest BCUT2D eigenvalue weighted by Crippen LogP contribution is 2.14. The molecule has 1 saturated heterocycles. The van der Waals surface area contributed by atoms with E-state index < -0.39 is 5.97 Å². The van der Waals surface area contributed by atoms with Crippen LogP contribution < -0.4 is 16.0 Å². The lowest BCUT2D eigenvalue weighted by Crippen LogP contribution is -2.46. The van der Waals surface area contributed by atoms with Crippen molar-refractivity contribution in [2.75, 3.05) is 13.6 Å². The Labute approximate surface area is 101 Å². The van der Waals surface area contributed by atoms with Gasteiger partial charge in [-0.2, -0.15) is 0 Å². The van der Waals surface area contributed by atoms with Gasteiger partial charge in [0, 0.05) is 25.6 Å². The molecule has 6 nitrogen and oxygen atoms in total. The number of carbonyl (C=O) groups excluding carboxylic acids is 1. The Morgan fingerprint density at radius 2 is 2.18 bits per heavy atom. The van der Waals surface area contributed by atoms with Crippen LogP contribution in [-0.4, -0.2) is 42.8 Å². The van der Waals surface area contributed by atoms with Crippen molar-refractivity contribution in [2.24, 2.45) is 0 Å². The van der Waals surface area contributed by atoms with Crippen molar-refractivity contribution in [3.8, 4) is 0 Å². The Morgan fingerprint density at radius 1 is 1.41 bits per heavy atom. The number of urea groups is 1. The topological polar surface area (TPSA) is 90.5 Å². The van der Waals surface area contributed by atoms with E-state index in [1.54, 1.807) is 7.05 Å². The molecule has 2 atom stereocenters. The molecule has 0 radical (unpaired) electrons. The number of rotatable bonds is 6. The van der Waals surface area contributed by atoms with E-state index >= 15 is 0 Å². The summed E-state index contributed by atoms with van der Waals surface area (Å²) in [5.74, 6) is -0.746. The quantitative estimate of drug-likeness (QED) is 0.505. The predicted octanol–water partition coefficient (Wildman–Crippen LogP) is 0.291. The third-order valence-corrected chi connectivity index (χ3v) is 3.05. The summed E-state index contributed by atoms with van der Waals surface area (Å²) in [6.07, 6.45) is 3.62. The van der Waals surface area contributed by atoms with Crippen molar-refractivity contribution >= 4 is 12.0 Å². The molecule has 17 heavy (non-hydrogen) atoms. The molecule has 0 bridgehead atoms. The minimum Gasteiger partial charge on any atom is -0.481 e. The Balaban J connectivity index is 2.22. The molecular formula is C11H21N3O3. The number of aliphatic carboxylic acids is 1. The van der Waals surface area contributed by atoms with E-state index in [1.807, 2.05) is 0 Å². The molecule has 1 heterocycles. The maximum atomic E-state index is 11.2. The standard InChI is InChI=1S/C11H21N3O3/c1-12-11(17)14-9-6-7-13-8(9)4-2-3-5-10(15)16/h8-9,13H,2-7H2,1H3,(H,15,16)(H2,12,14,17). The van der Waals surface area contributed by atoms with Gasteiger partial charge in [-0.3, -0.25) is 4.79 Å². The monoisotopic (exact) mass is 243 g/mol. The molecule has 4 N–H and O–H groups in total. The number of unbranched alkanes of at least 4 members (excludes halogenated alkanes) is 1. The van der Waals surface area contributed by atoms with E-state index in [4.69, 9.17) is 5.11 Å². The van der Waals surface area contributed by atoms with Crippen LogP contribution in [0.15, 0.2) is 0 Å². The lowest BCUT2D eigenvalue weighted by Gasteiger charge is -2.20. The van der Waals surface area contributed by atoms with Gasteiger partial charge < -0.3 is 21.1 Å². The van der Waals surface area contributed by atoms with Gasteiger partial charge in [-0.25, -0.2) is 4.79 Å². The summed E-state index contributed by atoms with van der Waals surface area (Å²) in [5.41, 5.74) is 0. The lowest BCUT2D eigenvalue weighted by molar-refractivity contribution is -0.137. The number of carbonyl (C=O) groups is 2. The van der Waals surface area contributed by atoms with Gasteiger partial charge >= 0.3 is 12.0 Å². The van der Waals surface area contributed by atoms with Crippen LogP contribution in [0.4, 0.5) is 4.79 Å². The Morgan fingerprint density at radius 3 is 2.82 bits per heavy atom. The normalized spacial score (nSPS) is 23.4. The van der Waals surface area contributed by atoms with Crippen LogP contribution in [0.1, 0.15) is 32.1 Å². The Bertz CT molecular complexity index is 271. The lowest BCUT2D eigenvalue weighted by atomic mass is 10.0. The van der Waals surface area contributed by atoms with Crippen LogP contribution >= 0.6 is 0 Å². The zero-order chi connectivity index (χ0) is 12.7. The second-order valence-corrected chi connectivity index (χ2v) is 4.32. The number of hydrogen-bond donors (Lipinski definition) is 4. The van der Waals surface area contributed by atoms with Gasteiger partial charge in [-0.15, -0.1) is 0 Å². The van der Waals surface area contributed by atoms with Gasteiger partial charge in [-0.05, 0) is 25.8 Å². The molecule has 1 aliphatic heterocycles. The highest BCUT2D eigenvalue weighted by Gasteiger charge is 2.27. The van der Waals surface area contributed by atoms with Crippen molar-refractivity contribution in [2.45, 2.75) is 44.2 Å². The van der Waals surface area contributed by atoms with E-state index in [9.17, 15) is 9.59 Å². The molecule has 0 aromatic carbocycles. The number of amides is 2. The zero-order valence-electron chi connectivity index (χ0n) is 10.2. The van der Waals surface area contributed by atoms with Crippen LogP contribution in [0.3, 0.4) is 0 Å². The van der Waals surface area contributed by atoms with Crippen molar-refractivity contribution in [1.82, 2.24) is 16.0 Å². The third-order valence-electron chi connectivity index (χ3n) is 3.05. The van der Waals surface area contributed by atoms with E-state index in [-0.39, 0.29) is 24.5 Å². The summed E-state index contributed by atoms with van der Waals surface area (Å²) in [6.45, 7) is 0.901. The Kier molecular flexibility index (Phi) is 5.76. The van der Waals surface area contributed by atoms with E-state index in [1.165, 1.54) is 0 Å². The largest absolute Gasteiger partial charge is 0.481 e. The van der Waals surface area contributed by atoms with Gasteiger partial charge in [0.15, 0.2) is 0 Å². The summed E-state index contributed by atoms with van der Waals surface area (Å²) >= 11 is 0. The van der Waals surface area contributed by atoms with Crippen molar-refractivity contribution in [3.05, 3.63) is 0 Å². The summed E-state index contributed by atoms with van der Waals surface area (Å²) in [6, 6.07) is 0.259. The second-order valence-electron chi connectivity index (χ2n) is 4.32. The van der Waals surface area contributed by atoms with Crippen molar-refractivity contribution in [1.29, 1.82) is 0 Å². The molecule has 0 spiro atoms. The molecule has 0 aromatic rings. The van der Waals surface area contributed by atoms with E-state index in [0.29, 0.717) is 6.42 Å². The van der Waals surface area contributed by atoms with Crippen molar-refractivity contribution in [3.63, 3.8) is 0 Å². The van der Waals surface area contributed by atoms with Crippen LogP contribution in [0.2, 0.25) is 0 Å². The van der Waals surface area contributed by atoms with E-state index in [0.717, 1.165) is 25.8 Å². The first kappa shape index (κ1) is 13.8. The molecule has 6 heteroatoms. The number of nitrogens with one attached hydrogen (secondary N) is 3. The molecular weight excluding hydrogens is 222 g/mol. The minimum atomic E-state index is -0.746. The highest BCUT2D eigenvalue weighted by atomic mass is 16.4. The number of carboxylic acids is 1. The molecule has 98 valence electrons. The molecule has 1 rings (SSSR count). The van der Waals surface area contributed by atoms with Gasteiger partial charge in [0.1, 0.15) is 0 Å². The number of carboxylic acid groups (broad SMARTS) is 1. The molecule has 2 amide bonds. The molecule has 0 aromatic heterocycles. The van der Waals surface area contributed by atoms with Crippen molar-refractivity contribution < 1.29 is 14.7 Å². The van der Waals surface area contributed by atoms with Crippen LogP contribution in [0, 0.1) is 0 Å². The SMILES string of the molecule is CNC(=O)NC1CCNC1CCCCC(=O)O. The summed E-state index contributed by atoms with van der Waals surface area (Å²) in [7, 11) is 1.60. The summed E-state index contributed by atoms with van der Waals surface area (Å²) in [5, 5.41) is 17.3. The van der Waals surface area contributed by atoms with Gasteiger partial charge in [-0.1, -0.05) is 6.42 Å². The predicted molar refractivity (Wildman–Crippen MR) is 63.9 cm³/mol. The molecule has 0 aliphatic carbocycles. The molecule has 1 aliphatic rings. The summed E-state index contributed by atoms with van der Waals surface area (Å²) < 4.78 is 0. The highest BCUT2D eigenvalue weighted by molar-refractivity contribution is 5.73. The smallest absolute Gasteiger partial charge is 0.314 e. The fraction of sp³-hybridized carbons (Fsp3) is 0.818.